The van der Waals surface area contributed by atoms with Gasteiger partial charge < -0.3 is 11.1 Å². The maximum Gasteiger partial charge on any atom is 0.0569 e. The predicted octanol–water partition coefficient (Wildman–Crippen LogP) is 4.66. The van der Waals surface area contributed by atoms with Crippen molar-refractivity contribution in [2.24, 2.45) is 5.73 Å². The van der Waals surface area contributed by atoms with E-state index >= 15 is 0 Å². The highest BCUT2D eigenvalue weighted by molar-refractivity contribution is 6.30. The number of benzene rings is 2. The molecule has 2 aromatic carbocycles. The molecular weight excluding hydrogens is 368 g/mol. The maximum atomic E-state index is 6.29. The SMILES string of the molecule is NCC1(c2cccc(Cl)c2)CCCC(NCc2[nH]ncc2-c2ccccc2)C1. The maximum absolute atomic E-state index is 6.29. The number of H-pyrrole nitrogens is 1. The molecule has 4 N–H and O–H groups in total. The molecule has 0 saturated heterocycles. The Labute approximate surface area is 171 Å². The number of hydrogen-bond acceptors (Lipinski definition) is 3. The predicted molar refractivity (Wildman–Crippen MR) is 115 cm³/mol. The van der Waals surface area contributed by atoms with Gasteiger partial charge in [-0.15, -0.1) is 0 Å². The Kier molecular flexibility index (Phi) is 5.81. The molecule has 1 fully saturated rings. The molecule has 1 aliphatic carbocycles. The fourth-order valence-corrected chi connectivity index (χ4v) is 4.67. The second-order valence-corrected chi connectivity index (χ2v) is 8.23. The van der Waals surface area contributed by atoms with Crippen LogP contribution in [0.3, 0.4) is 0 Å². The van der Waals surface area contributed by atoms with Crippen LogP contribution in [-0.2, 0) is 12.0 Å². The van der Waals surface area contributed by atoms with E-state index in [1.165, 1.54) is 11.1 Å². The van der Waals surface area contributed by atoms with Gasteiger partial charge >= 0.3 is 0 Å². The van der Waals surface area contributed by atoms with E-state index in [0.29, 0.717) is 12.6 Å². The quantitative estimate of drug-likeness (QED) is 0.569. The largest absolute Gasteiger partial charge is 0.330 e. The van der Waals surface area contributed by atoms with Crippen molar-refractivity contribution in [2.45, 2.75) is 43.7 Å². The number of aromatic nitrogens is 2. The zero-order valence-electron chi connectivity index (χ0n) is 16.0. The average molecular weight is 395 g/mol. The third-order valence-electron chi connectivity index (χ3n) is 6.04. The molecule has 1 saturated carbocycles. The van der Waals surface area contributed by atoms with E-state index in [-0.39, 0.29) is 5.41 Å². The molecule has 0 spiro atoms. The number of hydrogen-bond donors (Lipinski definition) is 3. The normalized spacial score (nSPS) is 22.3. The summed E-state index contributed by atoms with van der Waals surface area (Å²) in [6, 6.07) is 19.0. The summed E-state index contributed by atoms with van der Waals surface area (Å²) in [5, 5.41) is 12.0. The van der Waals surface area contributed by atoms with Crippen molar-refractivity contribution < 1.29 is 0 Å². The number of halogens is 1. The Hall–Kier alpha value is -2.14. The van der Waals surface area contributed by atoms with Gasteiger partial charge in [-0.3, -0.25) is 5.10 Å². The number of rotatable bonds is 6. The lowest BCUT2D eigenvalue weighted by Gasteiger charge is -2.41. The highest BCUT2D eigenvalue weighted by Crippen LogP contribution is 2.39. The Balaban J connectivity index is 1.47. The zero-order valence-corrected chi connectivity index (χ0v) is 16.8. The first-order valence-corrected chi connectivity index (χ1v) is 10.4. The molecule has 0 radical (unpaired) electrons. The molecule has 4 nitrogen and oxygen atoms in total. The fourth-order valence-electron chi connectivity index (χ4n) is 4.48. The lowest BCUT2D eigenvalue weighted by atomic mass is 9.68. The fraction of sp³-hybridized carbons (Fsp3) is 0.348. The van der Waals surface area contributed by atoms with Crippen LogP contribution in [0.2, 0.25) is 5.02 Å². The summed E-state index contributed by atoms with van der Waals surface area (Å²) >= 11 is 6.26. The Morgan fingerprint density at radius 2 is 2.04 bits per heavy atom. The standard InChI is InChI=1S/C23H27ClN4/c24-19-9-4-8-18(12-19)23(16-25)11-5-10-20(13-23)26-15-22-21(14-27-28-22)17-6-2-1-3-7-17/h1-4,6-9,12,14,20,26H,5,10-11,13,15-16,25H2,(H,27,28). The van der Waals surface area contributed by atoms with Crippen LogP contribution in [-0.4, -0.2) is 22.8 Å². The van der Waals surface area contributed by atoms with Crippen molar-refractivity contribution in [2.75, 3.05) is 6.54 Å². The molecule has 2 atom stereocenters. The number of nitrogens with zero attached hydrogens (tertiary/aromatic N) is 1. The average Bonchev–Trinajstić information content (AvgIpc) is 3.22. The first kappa shape index (κ1) is 19.2. The molecule has 1 aliphatic rings. The highest BCUT2D eigenvalue weighted by Gasteiger charge is 2.36. The third-order valence-corrected chi connectivity index (χ3v) is 6.28. The van der Waals surface area contributed by atoms with Crippen molar-refractivity contribution in [1.82, 2.24) is 15.5 Å². The van der Waals surface area contributed by atoms with E-state index in [9.17, 15) is 0 Å². The minimum atomic E-state index is -0.00291. The first-order valence-electron chi connectivity index (χ1n) is 9.97. The van der Waals surface area contributed by atoms with Gasteiger partial charge in [-0.1, -0.05) is 60.5 Å². The van der Waals surface area contributed by atoms with Crippen LogP contribution in [0.1, 0.15) is 36.9 Å². The van der Waals surface area contributed by atoms with Crippen LogP contribution in [0.5, 0.6) is 0 Å². The van der Waals surface area contributed by atoms with Crippen molar-refractivity contribution in [1.29, 1.82) is 0 Å². The van der Waals surface area contributed by atoms with E-state index in [4.69, 9.17) is 17.3 Å². The lowest BCUT2D eigenvalue weighted by Crippen LogP contribution is -2.46. The summed E-state index contributed by atoms with van der Waals surface area (Å²) in [4.78, 5) is 0. The summed E-state index contributed by atoms with van der Waals surface area (Å²) in [6.45, 7) is 1.41. The van der Waals surface area contributed by atoms with Crippen LogP contribution in [0, 0.1) is 0 Å². The molecule has 2 unspecified atom stereocenters. The van der Waals surface area contributed by atoms with Gasteiger partial charge in [-0.25, -0.2) is 0 Å². The van der Waals surface area contributed by atoms with Crippen molar-refractivity contribution in [3.8, 4) is 11.1 Å². The molecule has 0 bridgehead atoms. The van der Waals surface area contributed by atoms with Crippen LogP contribution < -0.4 is 11.1 Å². The van der Waals surface area contributed by atoms with Crippen LogP contribution in [0.15, 0.2) is 60.8 Å². The lowest BCUT2D eigenvalue weighted by molar-refractivity contribution is 0.243. The molecule has 4 rings (SSSR count). The first-order chi connectivity index (χ1) is 13.7. The molecule has 3 aromatic rings. The molecule has 0 amide bonds. The summed E-state index contributed by atoms with van der Waals surface area (Å²) in [5.74, 6) is 0. The summed E-state index contributed by atoms with van der Waals surface area (Å²) < 4.78 is 0. The smallest absolute Gasteiger partial charge is 0.0569 e. The van der Waals surface area contributed by atoms with Crippen molar-refractivity contribution >= 4 is 11.6 Å². The Bertz CT molecular complexity index is 908. The van der Waals surface area contributed by atoms with Gasteiger partial charge in [0.15, 0.2) is 0 Å². The topological polar surface area (TPSA) is 66.7 Å². The number of nitrogens with two attached hydrogens (primary N) is 1. The molecule has 1 aromatic heterocycles. The van der Waals surface area contributed by atoms with E-state index in [1.807, 2.05) is 24.4 Å². The summed E-state index contributed by atoms with van der Waals surface area (Å²) in [7, 11) is 0. The van der Waals surface area contributed by atoms with Gasteiger partial charge in [0.25, 0.3) is 0 Å². The van der Waals surface area contributed by atoms with Gasteiger partial charge in [0.05, 0.1) is 11.9 Å². The molecule has 28 heavy (non-hydrogen) atoms. The van der Waals surface area contributed by atoms with Crippen molar-refractivity contribution in [3.63, 3.8) is 0 Å². The number of aromatic amines is 1. The molecule has 5 heteroatoms. The van der Waals surface area contributed by atoms with E-state index in [1.54, 1.807) is 0 Å². The summed E-state index contributed by atoms with van der Waals surface area (Å²) in [5.41, 5.74) is 11.0. The minimum absolute atomic E-state index is 0.00291. The zero-order chi connectivity index (χ0) is 19.4. The minimum Gasteiger partial charge on any atom is -0.330 e. The highest BCUT2D eigenvalue weighted by atomic mass is 35.5. The van der Waals surface area contributed by atoms with Gasteiger partial charge in [0.1, 0.15) is 0 Å². The molecular formula is C23H27ClN4. The monoisotopic (exact) mass is 394 g/mol. The van der Waals surface area contributed by atoms with Gasteiger partial charge in [0, 0.05) is 35.1 Å². The van der Waals surface area contributed by atoms with Gasteiger partial charge in [0.2, 0.25) is 0 Å². The van der Waals surface area contributed by atoms with E-state index < -0.39 is 0 Å². The van der Waals surface area contributed by atoms with E-state index in [0.717, 1.165) is 48.5 Å². The number of nitrogens with one attached hydrogen (secondary N) is 2. The summed E-state index contributed by atoms with van der Waals surface area (Å²) in [6.07, 6.45) is 6.37. The Morgan fingerprint density at radius 1 is 1.18 bits per heavy atom. The van der Waals surface area contributed by atoms with Crippen molar-refractivity contribution in [3.05, 3.63) is 77.1 Å². The van der Waals surface area contributed by atoms with Gasteiger partial charge in [-0.2, -0.15) is 5.10 Å². The Morgan fingerprint density at radius 3 is 2.82 bits per heavy atom. The van der Waals surface area contributed by atoms with Crippen LogP contribution >= 0.6 is 11.6 Å². The second kappa shape index (κ2) is 8.48. The second-order valence-electron chi connectivity index (χ2n) is 7.80. The third kappa shape index (κ3) is 4.00. The van der Waals surface area contributed by atoms with E-state index in [2.05, 4.69) is 51.9 Å². The van der Waals surface area contributed by atoms with Crippen LogP contribution in [0.25, 0.3) is 11.1 Å². The molecule has 0 aliphatic heterocycles. The van der Waals surface area contributed by atoms with Gasteiger partial charge in [-0.05, 0) is 42.5 Å². The van der Waals surface area contributed by atoms with Crippen LogP contribution in [0.4, 0.5) is 0 Å². The molecule has 146 valence electrons. The molecule has 1 heterocycles.